The Morgan fingerprint density at radius 2 is 2.25 bits per heavy atom. The Morgan fingerprint density at radius 1 is 1.50 bits per heavy atom. The summed E-state index contributed by atoms with van der Waals surface area (Å²) in [6.45, 7) is 2.53. The molecular weight excluding hydrogens is 150 g/mol. The number of rotatable bonds is 3. The van der Waals surface area contributed by atoms with E-state index in [0.717, 1.165) is 16.7 Å². The van der Waals surface area contributed by atoms with Crippen LogP contribution < -0.4 is 5.73 Å². The molecule has 2 N–H and O–H groups in total. The molecule has 1 rings (SSSR count). The first-order chi connectivity index (χ1) is 5.77. The van der Waals surface area contributed by atoms with Gasteiger partial charge in [0, 0.05) is 13.0 Å². The smallest absolute Gasteiger partial charge is 0.203 e. The fraction of sp³-hybridized carbons (Fsp3) is 0.300. The van der Waals surface area contributed by atoms with Gasteiger partial charge in [0.25, 0.3) is 0 Å². The number of aryl methyl sites for hydroxylation is 1. The number of hydrogen-bond acceptors (Lipinski definition) is 2. The third kappa shape index (κ3) is 1.92. The molecule has 1 aromatic rings. The lowest BCUT2D eigenvalue weighted by Crippen LogP contribution is -1.98. The Hall–Kier alpha value is -1.15. The normalized spacial score (nSPS) is 9.83. The first kappa shape index (κ1) is 8.94. The number of benzene rings is 1. The quantitative estimate of drug-likeness (QED) is 0.723. The van der Waals surface area contributed by atoms with Gasteiger partial charge in [-0.1, -0.05) is 18.2 Å². The van der Waals surface area contributed by atoms with Crippen molar-refractivity contribution in [2.75, 3.05) is 0 Å². The minimum atomic E-state index is 0.372. The van der Waals surface area contributed by atoms with Crippen LogP contribution in [0.25, 0.3) is 0 Å². The van der Waals surface area contributed by atoms with E-state index in [1.165, 1.54) is 0 Å². The lowest BCUT2D eigenvalue weighted by molar-refractivity contribution is 0.555. The maximum Gasteiger partial charge on any atom is 0.203 e. The van der Waals surface area contributed by atoms with Crippen molar-refractivity contribution < 1.29 is 4.79 Å². The van der Waals surface area contributed by atoms with Crippen molar-refractivity contribution in [1.82, 2.24) is 0 Å². The second kappa shape index (κ2) is 4.02. The van der Waals surface area contributed by atoms with Crippen LogP contribution in [0.1, 0.15) is 16.7 Å². The zero-order chi connectivity index (χ0) is 8.97. The molecule has 0 atom stereocenters. The summed E-state index contributed by atoms with van der Waals surface area (Å²) in [5.74, 6) is 0. The van der Waals surface area contributed by atoms with Crippen LogP contribution in [0.15, 0.2) is 18.2 Å². The van der Waals surface area contributed by atoms with Crippen molar-refractivity contribution in [2.24, 2.45) is 5.73 Å². The van der Waals surface area contributed by atoms with Crippen molar-refractivity contribution in [3.05, 3.63) is 34.9 Å². The van der Waals surface area contributed by atoms with E-state index < -0.39 is 0 Å². The van der Waals surface area contributed by atoms with Gasteiger partial charge < -0.3 is 5.73 Å². The summed E-state index contributed by atoms with van der Waals surface area (Å²) in [4.78, 5) is 10.1. The number of hydrogen-bond donors (Lipinski definition) is 1. The summed E-state index contributed by atoms with van der Waals surface area (Å²) in [5.41, 5.74) is 8.71. The van der Waals surface area contributed by atoms with Crippen LogP contribution in [0.3, 0.4) is 0 Å². The van der Waals surface area contributed by atoms with Gasteiger partial charge in [-0.05, 0) is 23.6 Å². The summed E-state index contributed by atoms with van der Waals surface area (Å²) in [6, 6.07) is 5.88. The van der Waals surface area contributed by atoms with E-state index in [1.54, 1.807) is 0 Å². The highest BCUT2D eigenvalue weighted by atomic mass is 16.1. The van der Waals surface area contributed by atoms with Gasteiger partial charge in [0.05, 0.1) is 0 Å². The van der Waals surface area contributed by atoms with Gasteiger partial charge in [0.15, 0.2) is 0 Å². The molecule has 0 aliphatic heterocycles. The second-order valence-electron chi connectivity index (χ2n) is 2.79. The van der Waals surface area contributed by atoms with Crippen LogP contribution in [0.4, 0.5) is 0 Å². The maximum atomic E-state index is 10.1. The van der Waals surface area contributed by atoms with Gasteiger partial charge in [-0.25, -0.2) is 0 Å². The molecule has 0 amide bonds. The Balaban J connectivity index is 2.94. The van der Waals surface area contributed by atoms with Gasteiger partial charge in [-0.2, -0.15) is 0 Å². The van der Waals surface area contributed by atoms with Crippen molar-refractivity contribution in [3.8, 4) is 0 Å². The molecule has 63 valence electrons. The molecule has 0 heterocycles. The third-order valence-corrected chi connectivity index (χ3v) is 1.91. The van der Waals surface area contributed by atoms with Crippen LogP contribution in [0.5, 0.6) is 0 Å². The topological polar surface area (TPSA) is 43.1 Å². The van der Waals surface area contributed by atoms with E-state index in [1.807, 2.05) is 31.4 Å². The van der Waals surface area contributed by atoms with E-state index >= 15 is 0 Å². The number of nitrogens with two attached hydrogens (primary N) is 1. The third-order valence-electron chi connectivity index (χ3n) is 1.91. The van der Waals surface area contributed by atoms with Crippen LogP contribution >= 0.6 is 0 Å². The zero-order valence-electron chi connectivity index (χ0n) is 7.13. The molecule has 12 heavy (non-hydrogen) atoms. The molecule has 0 aliphatic rings. The minimum Gasteiger partial charge on any atom is -0.326 e. The molecule has 0 unspecified atom stereocenters. The van der Waals surface area contributed by atoms with Crippen LogP contribution in [-0.2, 0) is 17.8 Å². The molecular formula is C10H12NO. The molecule has 0 bridgehead atoms. The summed E-state index contributed by atoms with van der Waals surface area (Å²) in [7, 11) is 0. The Bertz CT molecular complexity index is 281. The molecule has 2 heteroatoms. The molecule has 0 aliphatic carbocycles. The Kier molecular flexibility index (Phi) is 3.00. The molecule has 0 aromatic heterocycles. The summed E-state index contributed by atoms with van der Waals surface area (Å²) in [6.07, 6.45) is 2.25. The average Bonchev–Trinajstić information content (AvgIpc) is 2.09. The van der Waals surface area contributed by atoms with Crippen LogP contribution in [-0.4, -0.2) is 6.29 Å². The predicted octanol–water partition coefficient (Wildman–Crippen LogP) is 1.11. The molecule has 1 aromatic carbocycles. The highest BCUT2D eigenvalue weighted by molar-refractivity contribution is 5.57. The van der Waals surface area contributed by atoms with Crippen LogP contribution in [0.2, 0.25) is 0 Å². The molecule has 0 saturated heterocycles. The largest absolute Gasteiger partial charge is 0.326 e. The lowest BCUT2D eigenvalue weighted by atomic mass is 10.0. The van der Waals surface area contributed by atoms with Crippen molar-refractivity contribution in [1.29, 1.82) is 0 Å². The molecule has 1 radical (unpaired) electrons. The molecule has 0 fully saturated rings. The molecule has 0 saturated carbocycles. The maximum absolute atomic E-state index is 10.1. The SMILES string of the molecule is Cc1cc(CN)ccc1C[C]=O. The lowest BCUT2D eigenvalue weighted by Gasteiger charge is -2.03. The van der Waals surface area contributed by atoms with E-state index in [4.69, 9.17) is 5.73 Å². The predicted molar refractivity (Wildman–Crippen MR) is 48.5 cm³/mol. The fourth-order valence-corrected chi connectivity index (χ4v) is 1.16. The zero-order valence-corrected chi connectivity index (χ0v) is 7.13. The summed E-state index contributed by atoms with van der Waals surface area (Å²) >= 11 is 0. The summed E-state index contributed by atoms with van der Waals surface area (Å²) in [5, 5.41) is 0. The van der Waals surface area contributed by atoms with Gasteiger partial charge in [-0.3, -0.25) is 4.79 Å². The first-order valence-electron chi connectivity index (χ1n) is 3.91. The fourth-order valence-electron chi connectivity index (χ4n) is 1.16. The van der Waals surface area contributed by atoms with E-state index in [2.05, 4.69) is 0 Å². The number of carbonyl (C=O) groups excluding carboxylic acids is 1. The van der Waals surface area contributed by atoms with Crippen molar-refractivity contribution in [3.63, 3.8) is 0 Å². The first-order valence-corrected chi connectivity index (χ1v) is 3.91. The highest BCUT2D eigenvalue weighted by Crippen LogP contribution is 2.10. The molecule has 0 spiro atoms. The average molecular weight is 162 g/mol. The van der Waals surface area contributed by atoms with Gasteiger partial charge >= 0.3 is 0 Å². The van der Waals surface area contributed by atoms with E-state index in [0.29, 0.717) is 13.0 Å². The minimum absolute atomic E-state index is 0.372. The van der Waals surface area contributed by atoms with E-state index in [9.17, 15) is 4.79 Å². The molecule has 2 nitrogen and oxygen atoms in total. The van der Waals surface area contributed by atoms with Gasteiger partial charge in [0.1, 0.15) is 0 Å². The van der Waals surface area contributed by atoms with Crippen molar-refractivity contribution >= 4 is 6.29 Å². The van der Waals surface area contributed by atoms with E-state index in [-0.39, 0.29) is 0 Å². The summed E-state index contributed by atoms with van der Waals surface area (Å²) < 4.78 is 0. The standard InChI is InChI=1S/C10H12NO/c1-8-6-9(7-11)2-3-10(8)4-5-12/h2-3,6H,4,7,11H2,1H3. The van der Waals surface area contributed by atoms with Gasteiger partial charge in [-0.15, -0.1) is 0 Å². The Labute approximate surface area is 72.4 Å². The van der Waals surface area contributed by atoms with Crippen molar-refractivity contribution in [2.45, 2.75) is 19.9 Å². The van der Waals surface area contributed by atoms with Gasteiger partial charge in [0.2, 0.25) is 6.29 Å². The second-order valence-corrected chi connectivity index (χ2v) is 2.79. The monoisotopic (exact) mass is 162 g/mol. The van der Waals surface area contributed by atoms with Crippen LogP contribution in [0, 0.1) is 6.92 Å². The highest BCUT2D eigenvalue weighted by Gasteiger charge is 1.98. The Morgan fingerprint density at radius 3 is 2.75 bits per heavy atom.